The van der Waals surface area contributed by atoms with Gasteiger partial charge >= 0.3 is 5.97 Å². The molecule has 4 bridgehead atoms. The maximum atomic E-state index is 14.1. The molecular weight excluding hydrogens is 775 g/mol. The SMILES string of the molecule is NCCC1=C[C@@H]([C@@H](C=O)CCCCC[C@@H]2C/C3=C/[C@@H](C(O)(O)CC=O)[C@@H](C(=O)O)[C@@]4(CC[C@@H]5C=c6ccccc6=C[C@@H]5C4)c4cccc(c4)C[C@]2(c2ccc(O)cc2)CC3)CC1. The normalized spacial score (nSPS) is 30.5. The molecule has 6 N–H and O–H groups in total. The van der Waals surface area contributed by atoms with E-state index in [2.05, 4.69) is 54.6 Å². The largest absolute Gasteiger partial charge is 0.508 e. The fourth-order valence-corrected chi connectivity index (χ4v) is 12.9. The number of aldehydes is 2. The van der Waals surface area contributed by atoms with Gasteiger partial charge in [-0.15, -0.1) is 0 Å². The fraction of sp³-hybridized carbons (Fsp3) is 0.500. The molecule has 8 heteroatoms. The molecule has 0 saturated heterocycles. The highest BCUT2D eigenvalue weighted by Gasteiger charge is 2.57. The predicted molar refractivity (Wildman–Crippen MR) is 242 cm³/mol. The number of aromatic hydroxyl groups is 1. The maximum Gasteiger partial charge on any atom is 0.308 e. The van der Waals surface area contributed by atoms with E-state index >= 15 is 0 Å². The lowest BCUT2D eigenvalue weighted by Crippen LogP contribution is -2.55. The molecular formula is C54H65NO7. The maximum absolute atomic E-state index is 14.1. The minimum absolute atomic E-state index is 0.00870. The number of nitrogens with two attached hydrogens (primary N) is 1. The van der Waals surface area contributed by atoms with E-state index in [9.17, 15) is 34.8 Å². The number of allylic oxidation sites excluding steroid dienone is 2. The summed E-state index contributed by atoms with van der Waals surface area (Å²) in [7, 11) is 0. The van der Waals surface area contributed by atoms with E-state index < -0.39 is 35.4 Å². The van der Waals surface area contributed by atoms with Crippen molar-refractivity contribution in [3.05, 3.63) is 123 Å². The first-order valence-corrected chi connectivity index (χ1v) is 23.3. The monoisotopic (exact) mass is 839 g/mol. The highest BCUT2D eigenvalue weighted by Crippen LogP contribution is 2.57. The molecule has 3 aromatic rings. The second-order valence-electron chi connectivity index (χ2n) is 19.6. The Labute approximate surface area is 366 Å². The molecule has 2 fully saturated rings. The summed E-state index contributed by atoms with van der Waals surface area (Å²) in [5.41, 5.74) is 10.1. The van der Waals surface area contributed by atoms with Crippen LogP contribution in [0.4, 0.5) is 0 Å². The van der Waals surface area contributed by atoms with Crippen LogP contribution in [0, 0.1) is 41.4 Å². The Morgan fingerprint density at radius 1 is 0.839 bits per heavy atom. The van der Waals surface area contributed by atoms with E-state index in [0.717, 1.165) is 104 Å². The Balaban J connectivity index is 1.18. The van der Waals surface area contributed by atoms with Gasteiger partial charge in [-0.3, -0.25) is 4.79 Å². The molecule has 0 unspecified atom stereocenters. The summed E-state index contributed by atoms with van der Waals surface area (Å²) in [4.78, 5) is 38.5. The molecule has 62 heavy (non-hydrogen) atoms. The number of fused-ring (bicyclic) bond motifs is 6. The molecule has 328 valence electrons. The van der Waals surface area contributed by atoms with E-state index in [1.807, 2.05) is 30.3 Å². The van der Waals surface area contributed by atoms with Crippen LogP contribution in [-0.2, 0) is 31.6 Å². The standard InChI is InChI=1S/C54H65NO7/c55-25-21-36-13-14-41(27-36)43(35-57)10-2-1-3-11-46-28-37-19-22-52(46,45-15-17-48(58)18-16-45)33-38-7-6-12-47(29-38)53(50(51(59)60)49(30-37)54(61,62)24-26-56)23-20-42-31-39-8-4-5-9-40(39)32-44(42)34-53/h4-9,12,15-18,26-27,29-32,35,41-44,46,49-50,58,61-62H,1-3,10-11,13-14,19-25,28,33-34,55H2,(H,59,60)/b37-30+/t41-,42+,43+,44+,46+,49+,50-,52-,53+/m0/s1. The van der Waals surface area contributed by atoms with E-state index in [-0.39, 0.29) is 40.8 Å². The molecule has 0 amide bonds. The van der Waals surface area contributed by atoms with Crippen molar-refractivity contribution >= 4 is 30.7 Å². The smallest absolute Gasteiger partial charge is 0.308 e. The minimum atomic E-state index is -2.59. The Morgan fingerprint density at radius 2 is 1.61 bits per heavy atom. The van der Waals surface area contributed by atoms with Gasteiger partial charge in [0.05, 0.1) is 12.3 Å². The fourth-order valence-electron chi connectivity index (χ4n) is 12.9. The number of aliphatic carboxylic acids is 1. The van der Waals surface area contributed by atoms with Gasteiger partial charge in [-0.05, 0) is 147 Å². The van der Waals surface area contributed by atoms with Gasteiger partial charge in [0.25, 0.3) is 0 Å². The Morgan fingerprint density at radius 3 is 2.34 bits per heavy atom. The van der Waals surface area contributed by atoms with Crippen molar-refractivity contribution < 1.29 is 34.8 Å². The van der Waals surface area contributed by atoms with Crippen molar-refractivity contribution in [3.63, 3.8) is 0 Å². The molecule has 6 aliphatic rings. The van der Waals surface area contributed by atoms with Crippen LogP contribution in [-0.4, -0.2) is 51.3 Å². The van der Waals surface area contributed by atoms with Gasteiger partial charge in [-0.1, -0.05) is 115 Å². The van der Waals surface area contributed by atoms with Crippen LogP contribution in [0.15, 0.2) is 96.1 Å². The van der Waals surface area contributed by atoms with E-state index in [1.165, 1.54) is 10.8 Å². The zero-order valence-electron chi connectivity index (χ0n) is 36.0. The average molecular weight is 840 g/mol. The van der Waals surface area contributed by atoms with Crippen LogP contribution in [0.3, 0.4) is 0 Å². The van der Waals surface area contributed by atoms with Crippen LogP contribution < -0.4 is 16.2 Å². The zero-order chi connectivity index (χ0) is 43.5. The van der Waals surface area contributed by atoms with E-state index in [1.54, 1.807) is 12.1 Å². The summed E-state index contributed by atoms with van der Waals surface area (Å²) in [6, 6.07) is 24.4. The van der Waals surface area contributed by atoms with Crippen molar-refractivity contribution in [2.45, 2.75) is 119 Å². The third kappa shape index (κ3) is 8.80. The van der Waals surface area contributed by atoms with E-state index in [0.29, 0.717) is 38.5 Å². The number of phenols is 1. The highest BCUT2D eigenvalue weighted by molar-refractivity contribution is 5.74. The summed E-state index contributed by atoms with van der Waals surface area (Å²) < 4.78 is 0. The molecule has 9 rings (SSSR count). The van der Waals surface area contributed by atoms with Gasteiger partial charge in [0, 0.05) is 22.7 Å². The molecule has 0 aliphatic heterocycles. The summed E-state index contributed by atoms with van der Waals surface area (Å²) >= 11 is 0. The third-order valence-corrected chi connectivity index (χ3v) is 16.1. The van der Waals surface area contributed by atoms with Gasteiger partial charge in [0.1, 0.15) is 18.3 Å². The number of rotatable bonds is 15. The molecule has 8 nitrogen and oxygen atoms in total. The van der Waals surface area contributed by atoms with Crippen molar-refractivity contribution in [3.8, 4) is 5.75 Å². The lowest BCUT2D eigenvalue weighted by Gasteiger charge is -2.52. The molecule has 6 aliphatic carbocycles. The van der Waals surface area contributed by atoms with Crippen molar-refractivity contribution in [1.29, 1.82) is 0 Å². The number of carbonyl (C=O) groups excluding carboxylic acids is 2. The van der Waals surface area contributed by atoms with Crippen molar-refractivity contribution in [2.75, 3.05) is 6.54 Å². The van der Waals surface area contributed by atoms with Crippen LogP contribution in [0.1, 0.15) is 113 Å². The Bertz CT molecular complexity index is 2290. The second-order valence-corrected chi connectivity index (χ2v) is 19.6. The number of carboxylic acids is 1. The Hall–Kier alpha value is -4.63. The van der Waals surface area contributed by atoms with Gasteiger partial charge in [-0.25, -0.2) is 0 Å². The molecule has 1 spiro atoms. The number of unbranched alkanes of at least 4 members (excludes halogenated alkanes) is 2. The number of phenolic OH excluding ortho intramolecular Hbond substituents is 1. The molecule has 3 aromatic carbocycles. The summed E-state index contributed by atoms with van der Waals surface area (Å²) in [5.74, 6) is -5.27. The number of hydrogen-bond donors (Lipinski definition) is 5. The molecule has 9 atom stereocenters. The molecule has 0 heterocycles. The lowest BCUT2D eigenvalue weighted by molar-refractivity contribution is -0.212. The van der Waals surface area contributed by atoms with Gasteiger partial charge in [0.2, 0.25) is 0 Å². The number of carboxylic acid groups (broad SMARTS) is 1. The first-order valence-electron chi connectivity index (χ1n) is 23.3. The third-order valence-electron chi connectivity index (χ3n) is 16.1. The molecule has 0 aromatic heterocycles. The second kappa shape index (κ2) is 18.6. The zero-order valence-corrected chi connectivity index (χ0v) is 36.0. The predicted octanol–water partition coefficient (Wildman–Crippen LogP) is 7.58. The van der Waals surface area contributed by atoms with Crippen molar-refractivity contribution in [2.24, 2.45) is 47.2 Å². The summed E-state index contributed by atoms with van der Waals surface area (Å²) in [5, 5.41) is 48.3. The number of hydrogen-bond acceptors (Lipinski definition) is 7. The molecule has 0 radical (unpaired) electrons. The number of benzene rings is 3. The van der Waals surface area contributed by atoms with Crippen LogP contribution >= 0.6 is 0 Å². The van der Waals surface area contributed by atoms with Gasteiger partial charge in [-0.2, -0.15) is 0 Å². The van der Waals surface area contributed by atoms with Crippen LogP contribution in [0.25, 0.3) is 12.2 Å². The summed E-state index contributed by atoms with van der Waals surface area (Å²) in [6.45, 7) is 0.634. The first-order chi connectivity index (χ1) is 30.0. The van der Waals surface area contributed by atoms with Crippen molar-refractivity contribution in [1.82, 2.24) is 0 Å². The highest BCUT2D eigenvalue weighted by atomic mass is 16.5. The number of aliphatic hydroxyl groups is 2. The number of carbonyl (C=O) groups is 3. The first kappa shape index (κ1) is 44.0. The van der Waals surface area contributed by atoms with E-state index in [4.69, 9.17) is 5.73 Å². The van der Waals surface area contributed by atoms with Gasteiger partial charge < -0.3 is 35.7 Å². The van der Waals surface area contributed by atoms with Crippen LogP contribution in [0.2, 0.25) is 0 Å². The Kier molecular flexibility index (Phi) is 13.2. The average Bonchev–Trinajstić information content (AvgIpc) is 3.73. The topological polar surface area (TPSA) is 158 Å². The molecule has 2 saturated carbocycles. The quantitative estimate of drug-likeness (QED) is 0.0454. The minimum Gasteiger partial charge on any atom is -0.508 e. The summed E-state index contributed by atoms with van der Waals surface area (Å²) in [6.07, 6.45) is 21.9. The van der Waals surface area contributed by atoms with Crippen LogP contribution in [0.5, 0.6) is 5.75 Å². The lowest BCUT2D eigenvalue weighted by atomic mass is 9.52. The van der Waals surface area contributed by atoms with Gasteiger partial charge in [0.15, 0.2) is 5.79 Å².